The molecule has 0 bridgehead atoms. The number of hydrogen-bond acceptors (Lipinski definition) is 2. The van der Waals surface area contributed by atoms with E-state index in [0.717, 1.165) is 11.1 Å². The fraction of sp³-hybridized carbons (Fsp3) is 0.176. The van der Waals surface area contributed by atoms with Gasteiger partial charge in [0.25, 0.3) is 10.0 Å². The van der Waals surface area contributed by atoms with Gasteiger partial charge in [-0.1, -0.05) is 54.1 Å². The Hall–Kier alpha value is -2.07. The minimum absolute atomic E-state index is 0.155. The molecule has 0 N–H and O–H groups in total. The van der Waals surface area contributed by atoms with Crippen molar-refractivity contribution in [3.8, 4) is 0 Å². The van der Waals surface area contributed by atoms with Crippen molar-refractivity contribution < 1.29 is 8.42 Å². The largest absolute Gasteiger partial charge is 0.266 e. The van der Waals surface area contributed by atoms with Crippen LogP contribution in [0.5, 0.6) is 0 Å². The van der Waals surface area contributed by atoms with Crippen molar-refractivity contribution in [3.63, 3.8) is 0 Å². The summed E-state index contributed by atoms with van der Waals surface area (Å²) < 4.78 is 27.1. The van der Waals surface area contributed by atoms with E-state index in [2.05, 4.69) is 0 Å². The lowest BCUT2D eigenvalue weighted by molar-refractivity contribution is 0.434. The third-order valence-electron chi connectivity index (χ3n) is 3.70. The first-order chi connectivity index (χ1) is 10.1. The topological polar surface area (TPSA) is 37.4 Å². The molecule has 21 heavy (non-hydrogen) atoms. The summed E-state index contributed by atoms with van der Waals surface area (Å²) in [7, 11) is -3.51. The summed E-state index contributed by atoms with van der Waals surface area (Å²) in [4.78, 5) is 0.334. The van der Waals surface area contributed by atoms with E-state index >= 15 is 0 Å². The molecule has 1 atom stereocenters. The van der Waals surface area contributed by atoms with Crippen molar-refractivity contribution in [1.29, 1.82) is 0 Å². The van der Waals surface area contributed by atoms with Gasteiger partial charge in [0, 0.05) is 6.20 Å². The Morgan fingerprint density at radius 2 is 1.67 bits per heavy atom. The van der Waals surface area contributed by atoms with Gasteiger partial charge in [-0.25, -0.2) is 8.42 Å². The maximum Gasteiger partial charge on any atom is 0.264 e. The maximum absolute atomic E-state index is 12.8. The SMILES string of the molecule is Cc1ccc(S(=O)(=O)N2C=CC[C@@H]2c2ccccc2)cc1. The van der Waals surface area contributed by atoms with Crippen molar-refractivity contribution in [2.45, 2.75) is 24.3 Å². The van der Waals surface area contributed by atoms with Gasteiger partial charge in [-0.3, -0.25) is 4.31 Å². The third kappa shape index (κ3) is 2.59. The molecule has 2 aromatic carbocycles. The minimum atomic E-state index is -3.51. The van der Waals surface area contributed by atoms with Gasteiger partial charge < -0.3 is 0 Å². The minimum Gasteiger partial charge on any atom is -0.266 e. The van der Waals surface area contributed by atoms with Crippen LogP contribution in [-0.4, -0.2) is 12.7 Å². The van der Waals surface area contributed by atoms with Gasteiger partial charge >= 0.3 is 0 Å². The first-order valence-corrected chi connectivity index (χ1v) is 8.35. The predicted molar refractivity (Wildman–Crippen MR) is 83.1 cm³/mol. The van der Waals surface area contributed by atoms with Gasteiger partial charge in [0.1, 0.15) is 0 Å². The lowest BCUT2D eigenvalue weighted by Gasteiger charge is -2.25. The summed E-state index contributed by atoms with van der Waals surface area (Å²) in [6.45, 7) is 1.94. The zero-order valence-electron chi connectivity index (χ0n) is 11.8. The van der Waals surface area contributed by atoms with E-state index < -0.39 is 10.0 Å². The molecule has 0 radical (unpaired) electrons. The molecule has 0 aliphatic carbocycles. The molecule has 0 fully saturated rings. The number of hydrogen-bond donors (Lipinski definition) is 0. The molecule has 1 aliphatic heterocycles. The van der Waals surface area contributed by atoms with Crippen LogP contribution in [0.15, 0.2) is 71.8 Å². The fourth-order valence-corrected chi connectivity index (χ4v) is 4.05. The standard InChI is InChI=1S/C17H17NO2S/c1-14-9-11-16(12-10-14)21(19,20)18-13-5-8-17(18)15-6-3-2-4-7-15/h2-7,9-13,17H,8H2,1H3/t17-/m1/s1. The molecule has 0 saturated heterocycles. The highest BCUT2D eigenvalue weighted by atomic mass is 32.2. The van der Waals surface area contributed by atoms with Crippen LogP contribution >= 0.6 is 0 Å². The van der Waals surface area contributed by atoms with Crippen molar-refractivity contribution in [1.82, 2.24) is 4.31 Å². The molecule has 3 rings (SSSR count). The smallest absolute Gasteiger partial charge is 0.264 e. The summed E-state index contributed by atoms with van der Waals surface area (Å²) in [5.41, 5.74) is 2.06. The summed E-state index contributed by atoms with van der Waals surface area (Å²) in [6, 6.07) is 16.6. The highest BCUT2D eigenvalue weighted by Crippen LogP contribution is 2.34. The van der Waals surface area contributed by atoms with Crippen LogP contribution in [0.3, 0.4) is 0 Å². The molecule has 0 unspecified atom stereocenters. The van der Waals surface area contributed by atoms with Crippen molar-refractivity contribution in [2.24, 2.45) is 0 Å². The second-order valence-electron chi connectivity index (χ2n) is 5.19. The summed E-state index contributed by atoms with van der Waals surface area (Å²) in [5, 5.41) is 0. The normalized spacial score (nSPS) is 18.1. The molecule has 1 aliphatic rings. The lowest BCUT2D eigenvalue weighted by atomic mass is 10.1. The molecule has 0 amide bonds. The zero-order valence-corrected chi connectivity index (χ0v) is 12.6. The van der Waals surface area contributed by atoms with E-state index in [1.54, 1.807) is 18.3 Å². The number of aryl methyl sites for hydroxylation is 1. The third-order valence-corrected chi connectivity index (χ3v) is 5.50. The highest BCUT2D eigenvalue weighted by Gasteiger charge is 2.31. The molecule has 2 aromatic rings. The number of benzene rings is 2. The number of rotatable bonds is 3. The quantitative estimate of drug-likeness (QED) is 0.867. The average molecular weight is 299 g/mol. The molecule has 108 valence electrons. The Labute approximate surface area is 125 Å². The molecule has 0 saturated carbocycles. The van der Waals surface area contributed by atoms with Crippen molar-refractivity contribution in [2.75, 3.05) is 0 Å². The van der Waals surface area contributed by atoms with Gasteiger partial charge in [-0.05, 0) is 31.0 Å². The van der Waals surface area contributed by atoms with Crippen LogP contribution in [-0.2, 0) is 10.0 Å². The molecule has 1 heterocycles. The molecule has 3 nitrogen and oxygen atoms in total. The first kappa shape index (κ1) is 13.9. The van der Waals surface area contributed by atoms with Gasteiger partial charge in [0.05, 0.1) is 10.9 Å². The molecular weight excluding hydrogens is 282 g/mol. The Morgan fingerprint density at radius 1 is 1.00 bits per heavy atom. The van der Waals surface area contributed by atoms with E-state index in [4.69, 9.17) is 0 Å². The van der Waals surface area contributed by atoms with Gasteiger partial charge in [-0.15, -0.1) is 0 Å². The maximum atomic E-state index is 12.8. The summed E-state index contributed by atoms with van der Waals surface area (Å²) in [5.74, 6) is 0. The van der Waals surface area contributed by atoms with E-state index in [-0.39, 0.29) is 6.04 Å². The zero-order chi connectivity index (χ0) is 14.9. The Bertz CT molecular complexity index is 749. The lowest BCUT2D eigenvalue weighted by Crippen LogP contribution is -2.27. The van der Waals surface area contributed by atoms with Crippen molar-refractivity contribution >= 4 is 10.0 Å². The summed E-state index contributed by atoms with van der Waals surface area (Å²) in [6.07, 6.45) is 4.28. The molecule has 4 heteroatoms. The van der Waals surface area contributed by atoms with Gasteiger partial charge in [0.15, 0.2) is 0 Å². The second-order valence-corrected chi connectivity index (χ2v) is 7.04. The van der Waals surface area contributed by atoms with Crippen LogP contribution in [0.4, 0.5) is 0 Å². The van der Waals surface area contributed by atoms with Crippen LogP contribution in [0.1, 0.15) is 23.6 Å². The average Bonchev–Trinajstić information content (AvgIpc) is 2.99. The van der Waals surface area contributed by atoms with Gasteiger partial charge in [-0.2, -0.15) is 0 Å². The van der Waals surface area contributed by atoms with Crippen LogP contribution in [0, 0.1) is 6.92 Å². The Kier molecular flexibility index (Phi) is 3.55. The Balaban J connectivity index is 1.98. The number of nitrogens with zero attached hydrogens (tertiary/aromatic N) is 1. The number of sulfonamides is 1. The fourth-order valence-electron chi connectivity index (χ4n) is 2.54. The van der Waals surface area contributed by atoms with Gasteiger partial charge in [0.2, 0.25) is 0 Å². The molecule has 0 aromatic heterocycles. The van der Waals surface area contributed by atoms with Crippen LogP contribution in [0.25, 0.3) is 0 Å². The van der Waals surface area contributed by atoms with Crippen LogP contribution in [0.2, 0.25) is 0 Å². The van der Waals surface area contributed by atoms with Crippen LogP contribution < -0.4 is 0 Å². The first-order valence-electron chi connectivity index (χ1n) is 6.91. The van der Waals surface area contributed by atoms with E-state index in [9.17, 15) is 8.42 Å². The molecule has 0 spiro atoms. The van der Waals surface area contributed by atoms with Crippen molar-refractivity contribution in [3.05, 3.63) is 78.0 Å². The Morgan fingerprint density at radius 3 is 2.33 bits per heavy atom. The van der Waals surface area contributed by atoms with E-state index in [1.165, 1.54) is 4.31 Å². The summed E-state index contributed by atoms with van der Waals surface area (Å²) >= 11 is 0. The second kappa shape index (κ2) is 5.37. The molecular formula is C17H17NO2S. The monoisotopic (exact) mass is 299 g/mol. The highest BCUT2D eigenvalue weighted by molar-refractivity contribution is 7.89. The van der Waals surface area contributed by atoms with E-state index in [1.807, 2.05) is 55.5 Å². The van der Waals surface area contributed by atoms with E-state index in [0.29, 0.717) is 11.3 Å². The predicted octanol–water partition coefficient (Wildman–Crippen LogP) is 3.64.